The Balaban J connectivity index is 1.61. The number of morpholine rings is 1. The van der Waals surface area contributed by atoms with Crippen LogP contribution in [-0.2, 0) is 4.74 Å². The Morgan fingerprint density at radius 2 is 2.12 bits per heavy atom. The van der Waals surface area contributed by atoms with Gasteiger partial charge in [-0.3, -0.25) is 4.90 Å². The highest BCUT2D eigenvalue weighted by atomic mass is 16.5. The van der Waals surface area contributed by atoms with E-state index in [1.807, 2.05) is 0 Å². The van der Waals surface area contributed by atoms with E-state index >= 15 is 0 Å². The van der Waals surface area contributed by atoms with Crippen molar-refractivity contribution in [1.82, 2.24) is 15.5 Å². The summed E-state index contributed by atoms with van der Waals surface area (Å²) in [5.74, 6) is 0. The van der Waals surface area contributed by atoms with Crippen LogP contribution in [0.4, 0.5) is 4.79 Å². The topological polar surface area (TPSA) is 53.6 Å². The van der Waals surface area contributed by atoms with Gasteiger partial charge >= 0.3 is 6.03 Å². The van der Waals surface area contributed by atoms with Gasteiger partial charge in [0.05, 0.1) is 13.2 Å². The average Bonchev–Trinajstić information content (AvgIpc) is 3.11. The molecule has 1 saturated heterocycles. The number of nitrogens with zero attached hydrogens (tertiary/aromatic N) is 1. The largest absolute Gasteiger partial charge is 0.379 e. The molecular weight excluding hydrogens is 206 g/mol. The monoisotopic (exact) mass is 227 g/mol. The maximum absolute atomic E-state index is 11.4. The molecule has 2 N–H and O–H groups in total. The Hall–Kier alpha value is -0.810. The number of rotatable bonds is 4. The maximum Gasteiger partial charge on any atom is 0.315 e. The van der Waals surface area contributed by atoms with Crippen LogP contribution in [-0.4, -0.2) is 55.9 Å². The van der Waals surface area contributed by atoms with Crippen molar-refractivity contribution in [3.05, 3.63) is 0 Å². The molecule has 5 heteroatoms. The van der Waals surface area contributed by atoms with Crippen molar-refractivity contribution in [3.63, 3.8) is 0 Å². The van der Waals surface area contributed by atoms with Crippen LogP contribution in [0.1, 0.15) is 19.8 Å². The van der Waals surface area contributed by atoms with Gasteiger partial charge in [-0.05, 0) is 19.8 Å². The Morgan fingerprint density at radius 1 is 1.44 bits per heavy atom. The normalized spacial score (nSPS) is 23.8. The zero-order valence-corrected chi connectivity index (χ0v) is 9.87. The lowest BCUT2D eigenvalue weighted by molar-refractivity contribution is 0.0209. The second kappa shape index (κ2) is 5.50. The van der Waals surface area contributed by atoms with Gasteiger partial charge in [0, 0.05) is 31.7 Å². The number of ether oxygens (including phenoxy) is 1. The van der Waals surface area contributed by atoms with Crippen molar-refractivity contribution >= 4 is 6.03 Å². The van der Waals surface area contributed by atoms with Crippen LogP contribution in [0, 0.1) is 0 Å². The number of urea groups is 1. The summed E-state index contributed by atoms with van der Waals surface area (Å²) >= 11 is 0. The fraction of sp³-hybridized carbons (Fsp3) is 0.909. The molecule has 92 valence electrons. The van der Waals surface area contributed by atoms with E-state index < -0.39 is 0 Å². The number of hydrogen-bond donors (Lipinski definition) is 2. The van der Waals surface area contributed by atoms with E-state index in [2.05, 4.69) is 22.5 Å². The van der Waals surface area contributed by atoms with E-state index in [4.69, 9.17) is 4.74 Å². The fourth-order valence-corrected chi connectivity index (χ4v) is 1.85. The van der Waals surface area contributed by atoms with Gasteiger partial charge < -0.3 is 15.4 Å². The van der Waals surface area contributed by atoms with Crippen molar-refractivity contribution in [2.45, 2.75) is 31.8 Å². The minimum atomic E-state index is -0.0254. The summed E-state index contributed by atoms with van der Waals surface area (Å²) in [5.41, 5.74) is 0. The predicted molar refractivity (Wildman–Crippen MR) is 61.4 cm³/mol. The Kier molecular flexibility index (Phi) is 4.01. The molecule has 1 heterocycles. The number of carbonyl (C=O) groups excluding carboxylic acids is 1. The smallest absolute Gasteiger partial charge is 0.315 e. The maximum atomic E-state index is 11.4. The molecule has 2 amide bonds. The number of hydrogen-bond acceptors (Lipinski definition) is 3. The Morgan fingerprint density at radius 3 is 2.75 bits per heavy atom. The van der Waals surface area contributed by atoms with E-state index in [9.17, 15) is 4.79 Å². The highest BCUT2D eigenvalue weighted by molar-refractivity contribution is 5.74. The van der Waals surface area contributed by atoms with Crippen LogP contribution in [0.5, 0.6) is 0 Å². The molecule has 1 unspecified atom stereocenters. The van der Waals surface area contributed by atoms with E-state index in [-0.39, 0.29) is 6.03 Å². The predicted octanol–water partition coefficient (Wildman–Crippen LogP) is 0.169. The van der Waals surface area contributed by atoms with Gasteiger partial charge in [0.15, 0.2) is 0 Å². The molecule has 0 spiro atoms. The van der Waals surface area contributed by atoms with Gasteiger partial charge in [0.1, 0.15) is 0 Å². The van der Waals surface area contributed by atoms with Crippen LogP contribution in [0.25, 0.3) is 0 Å². The molecule has 0 bridgehead atoms. The van der Waals surface area contributed by atoms with Gasteiger partial charge in [-0.25, -0.2) is 4.79 Å². The van der Waals surface area contributed by atoms with Crippen LogP contribution in [0.15, 0.2) is 0 Å². The number of nitrogens with one attached hydrogen (secondary N) is 2. The van der Waals surface area contributed by atoms with E-state index in [0.717, 1.165) is 39.1 Å². The molecule has 0 aromatic carbocycles. The van der Waals surface area contributed by atoms with Gasteiger partial charge in [-0.15, -0.1) is 0 Å². The van der Waals surface area contributed by atoms with Crippen LogP contribution < -0.4 is 10.6 Å². The lowest BCUT2D eigenvalue weighted by Crippen LogP contribution is -2.49. The molecular formula is C11H21N3O2. The third-order valence-electron chi connectivity index (χ3n) is 3.14. The molecule has 1 atom stereocenters. The molecule has 16 heavy (non-hydrogen) atoms. The van der Waals surface area contributed by atoms with Gasteiger partial charge in [0.25, 0.3) is 0 Å². The summed E-state index contributed by atoms with van der Waals surface area (Å²) in [6, 6.07) is 0.787. The summed E-state index contributed by atoms with van der Waals surface area (Å²) in [5, 5.41) is 5.84. The summed E-state index contributed by atoms with van der Waals surface area (Å²) in [4.78, 5) is 13.8. The van der Waals surface area contributed by atoms with Gasteiger partial charge in [-0.2, -0.15) is 0 Å². The summed E-state index contributed by atoms with van der Waals surface area (Å²) < 4.78 is 5.29. The standard InChI is InChI=1S/C11H21N3O2/c1-9(14-4-6-16-7-5-14)8-12-11(15)13-10-2-3-10/h9-10H,2-8H2,1H3,(H2,12,13,15). The molecule has 0 radical (unpaired) electrons. The average molecular weight is 227 g/mol. The van der Waals surface area contributed by atoms with Crippen LogP contribution in [0.2, 0.25) is 0 Å². The molecule has 5 nitrogen and oxygen atoms in total. The molecule has 1 aliphatic heterocycles. The SMILES string of the molecule is CC(CNC(=O)NC1CC1)N1CCOCC1. The molecule has 2 aliphatic rings. The van der Waals surface area contributed by atoms with Gasteiger partial charge in [-0.1, -0.05) is 0 Å². The van der Waals surface area contributed by atoms with Crippen LogP contribution >= 0.6 is 0 Å². The van der Waals surface area contributed by atoms with Crippen molar-refractivity contribution in [1.29, 1.82) is 0 Å². The fourth-order valence-electron chi connectivity index (χ4n) is 1.85. The lowest BCUT2D eigenvalue weighted by atomic mass is 10.2. The van der Waals surface area contributed by atoms with E-state index in [1.165, 1.54) is 0 Å². The third kappa shape index (κ3) is 3.64. The molecule has 2 fully saturated rings. The van der Waals surface area contributed by atoms with E-state index in [0.29, 0.717) is 18.6 Å². The first-order chi connectivity index (χ1) is 7.75. The Bertz CT molecular complexity index is 237. The minimum absolute atomic E-state index is 0.0254. The number of carbonyl (C=O) groups is 1. The van der Waals surface area contributed by atoms with Gasteiger partial charge in [0.2, 0.25) is 0 Å². The second-order valence-electron chi connectivity index (χ2n) is 4.63. The second-order valence-corrected chi connectivity index (χ2v) is 4.63. The molecule has 0 aromatic heterocycles. The summed E-state index contributed by atoms with van der Waals surface area (Å²) in [7, 11) is 0. The third-order valence-corrected chi connectivity index (χ3v) is 3.14. The van der Waals surface area contributed by atoms with Crippen molar-refractivity contribution in [2.24, 2.45) is 0 Å². The van der Waals surface area contributed by atoms with E-state index in [1.54, 1.807) is 0 Å². The van der Waals surface area contributed by atoms with Crippen molar-refractivity contribution < 1.29 is 9.53 Å². The first-order valence-corrected chi connectivity index (χ1v) is 6.12. The zero-order chi connectivity index (χ0) is 11.4. The zero-order valence-electron chi connectivity index (χ0n) is 9.87. The molecule has 2 rings (SSSR count). The highest BCUT2D eigenvalue weighted by Gasteiger charge is 2.23. The quantitative estimate of drug-likeness (QED) is 0.720. The van der Waals surface area contributed by atoms with Crippen molar-refractivity contribution in [2.75, 3.05) is 32.8 Å². The Labute approximate surface area is 96.5 Å². The minimum Gasteiger partial charge on any atom is -0.379 e. The molecule has 0 aromatic rings. The molecule has 1 aliphatic carbocycles. The summed E-state index contributed by atoms with van der Waals surface area (Å²) in [6.07, 6.45) is 2.26. The highest BCUT2D eigenvalue weighted by Crippen LogP contribution is 2.18. The molecule has 1 saturated carbocycles. The number of amides is 2. The summed E-state index contributed by atoms with van der Waals surface area (Å²) in [6.45, 7) is 6.39. The first-order valence-electron chi connectivity index (χ1n) is 6.12. The lowest BCUT2D eigenvalue weighted by Gasteiger charge is -2.32. The van der Waals surface area contributed by atoms with Crippen molar-refractivity contribution in [3.8, 4) is 0 Å². The first kappa shape index (κ1) is 11.7. The van der Waals surface area contributed by atoms with Crippen LogP contribution in [0.3, 0.4) is 0 Å².